The van der Waals surface area contributed by atoms with Gasteiger partial charge in [-0.3, -0.25) is 10.1 Å². The minimum atomic E-state index is -0.579. The summed E-state index contributed by atoms with van der Waals surface area (Å²) in [6.45, 7) is 3.78. The van der Waals surface area contributed by atoms with Crippen LogP contribution in [-0.2, 0) is 0 Å². The highest BCUT2D eigenvalue weighted by atomic mass is 16.6. The third kappa shape index (κ3) is 3.18. The van der Waals surface area contributed by atoms with Gasteiger partial charge in [0.05, 0.1) is 4.92 Å². The van der Waals surface area contributed by atoms with Crippen molar-refractivity contribution in [3.63, 3.8) is 0 Å². The van der Waals surface area contributed by atoms with Crippen LogP contribution in [0, 0.1) is 27.4 Å². The van der Waals surface area contributed by atoms with Crippen LogP contribution in [0.3, 0.4) is 0 Å². The third-order valence-corrected chi connectivity index (χ3v) is 2.85. The van der Waals surface area contributed by atoms with E-state index in [0.717, 1.165) is 0 Å². The largest absolute Gasteiger partial charge is 0.396 e. The third-order valence-electron chi connectivity index (χ3n) is 2.85. The first kappa shape index (κ1) is 13.9. The molecule has 0 aliphatic heterocycles. The van der Waals surface area contributed by atoms with Gasteiger partial charge in [-0.2, -0.15) is 5.26 Å². The van der Waals surface area contributed by atoms with Crippen LogP contribution in [-0.4, -0.2) is 22.7 Å². The number of rotatable bonds is 5. The van der Waals surface area contributed by atoms with Crippen LogP contribution in [0.4, 0.5) is 11.4 Å². The molecule has 96 valence electrons. The number of hydrogen-bond acceptors (Lipinski definition) is 5. The lowest BCUT2D eigenvalue weighted by atomic mass is 10.0. The Balaban J connectivity index is 2.96. The molecular formula is C12H15N3O3. The van der Waals surface area contributed by atoms with E-state index in [1.54, 1.807) is 12.1 Å². The molecule has 0 fully saturated rings. The number of nitro groups is 1. The summed E-state index contributed by atoms with van der Waals surface area (Å²) in [4.78, 5) is 10.2. The zero-order chi connectivity index (χ0) is 13.7. The molecule has 0 bridgehead atoms. The maximum Gasteiger partial charge on any atom is 0.289 e. The first-order valence-corrected chi connectivity index (χ1v) is 5.55. The van der Waals surface area contributed by atoms with E-state index in [9.17, 15) is 10.1 Å². The number of aliphatic hydroxyl groups excluding tert-OH is 1. The molecule has 0 aliphatic rings. The average molecular weight is 249 g/mol. The van der Waals surface area contributed by atoms with Crippen LogP contribution in [0.25, 0.3) is 0 Å². The highest BCUT2D eigenvalue weighted by Crippen LogP contribution is 2.23. The van der Waals surface area contributed by atoms with Gasteiger partial charge in [0.15, 0.2) is 0 Å². The molecule has 1 aromatic rings. The van der Waals surface area contributed by atoms with E-state index >= 15 is 0 Å². The van der Waals surface area contributed by atoms with Crippen LogP contribution in [0.1, 0.15) is 19.4 Å². The molecule has 1 aromatic carbocycles. The summed E-state index contributed by atoms with van der Waals surface area (Å²) >= 11 is 0. The SMILES string of the molecule is CC(CO)C(C)Nc1ccc(C#N)c([N+](=O)[O-])c1. The molecule has 18 heavy (non-hydrogen) atoms. The molecule has 6 heteroatoms. The van der Waals surface area contributed by atoms with E-state index < -0.39 is 4.92 Å². The molecule has 6 nitrogen and oxygen atoms in total. The summed E-state index contributed by atoms with van der Waals surface area (Å²) in [5.41, 5.74) is 0.383. The Labute approximate surface area is 105 Å². The van der Waals surface area contributed by atoms with Gasteiger partial charge in [0.25, 0.3) is 5.69 Å². The number of benzene rings is 1. The Bertz CT molecular complexity index is 482. The summed E-state index contributed by atoms with van der Waals surface area (Å²) in [5, 5.41) is 31.6. The zero-order valence-corrected chi connectivity index (χ0v) is 10.3. The zero-order valence-electron chi connectivity index (χ0n) is 10.3. The van der Waals surface area contributed by atoms with Crippen LogP contribution in [0.15, 0.2) is 18.2 Å². The fourth-order valence-electron chi connectivity index (χ4n) is 1.43. The van der Waals surface area contributed by atoms with Crippen molar-refractivity contribution in [2.75, 3.05) is 11.9 Å². The second-order valence-corrected chi connectivity index (χ2v) is 4.19. The van der Waals surface area contributed by atoms with Gasteiger partial charge in [0.1, 0.15) is 11.6 Å². The number of hydrogen-bond donors (Lipinski definition) is 2. The maximum absolute atomic E-state index is 10.8. The van der Waals surface area contributed by atoms with Gasteiger partial charge >= 0.3 is 0 Å². The lowest BCUT2D eigenvalue weighted by molar-refractivity contribution is -0.385. The number of nitro benzene ring substituents is 1. The lowest BCUT2D eigenvalue weighted by Gasteiger charge is -2.20. The van der Waals surface area contributed by atoms with Gasteiger partial charge in [-0.15, -0.1) is 0 Å². The van der Waals surface area contributed by atoms with Gasteiger partial charge < -0.3 is 10.4 Å². The van der Waals surface area contributed by atoms with Crippen molar-refractivity contribution in [1.82, 2.24) is 0 Å². The molecule has 1 rings (SSSR count). The molecule has 0 amide bonds. The average Bonchev–Trinajstić information content (AvgIpc) is 2.37. The van der Waals surface area contributed by atoms with Gasteiger partial charge in [-0.25, -0.2) is 0 Å². The fourth-order valence-corrected chi connectivity index (χ4v) is 1.43. The summed E-state index contributed by atoms with van der Waals surface area (Å²) < 4.78 is 0. The summed E-state index contributed by atoms with van der Waals surface area (Å²) in [6, 6.07) is 6.12. The molecule has 2 atom stereocenters. The highest BCUT2D eigenvalue weighted by molar-refractivity contribution is 5.59. The normalized spacial score (nSPS) is 13.4. The Morgan fingerprint density at radius 2 is 2.22 bits per heavy atom. The van der Waals surface area contributed by atoms with Crippen molar-refractivity contribution in [3.05, 3.63) is 33.9 Å². The molecule has 0 aromatic heterocycles. The number of anilines is 1. The van der Waals surface area contributed by atoms with E-state index in [2.05, 4.69) is 5.32 Å². The standard InChI is InChI=1S/C12H15N3O3/c1-8(7-16)9(2)14-11-4-3-10(6-13)12(5-11)15(17)18/h3-5,8-9,14,16H,7H2,1-2H3. The number of nitrogens with zero attached hydrogens (tertiary/aromatic N) is 2. The minimum absolute atomic E-state index is 0.0254. The molecule has 0 saturated heterocycles. The lowest BCUT2D eigenvalue weighted by Crippen LogP contribution is -2.26. The van der Waals surface area contributed by atoms with Crippen molar-refractivity contribution >= 4 is 11.4 Å². The molecular weight excluding hydrogens is 234 g/mol. The summed E-state index contributed by atoms with van der Waals surface area (Å²) in [5.74, 6) is 0.0275. The molecule has 0 radical (unpaired) electrons. The Morgan fingerprint density at radius 1 is 1.56 bits per heavy atom. The molecule has 2 unspecified atom stereocenters. The van der Waals surface area contributed by atoms with Crippen LogP contribution in [0.5, 0.6) is 0 Å². The Kier molecular flexibility index (Phi) is 4.63. The van der Waals surface area contributed by atoms with Crippen molar-refractivity contribution in [3.8, 4) is 6.07 Å². The van der Waals surface area contributed by atoms with Gasteiger partial charge in [-0.1, -0.05) is 6.92 Å². The molecule has 0 saturated carbocycles. The smallest absolute Gasteiger partial charge is 0.289 e. The Hall–Kier alpha value is -2.13. The van der Waals surface area contributed by atoms with E-state index in [1.165, 1.54) is 12.1 Å². The number of aliphatic hydroxyl groups is 1. The van der Waals surface area contributed by atoms with Gasteiger partial charge in [0.2, 0.25) is 0 Å². The highest BCUT2D eigenvalue weighted by Gasteiger charge is 2.16. The minimum Gasteiger partial charge on any atom is -0.396 e. The predicted octanol–water partition coefficient (Wildman–Crippen LogP) is 1.90. The monoisotopic (exact) mass is 249 g/mol. The quantitative estimate of drug-likeness (QED) is 0.613. The summed E-state index contributed by atoms with van der Waals surface area (Å²) in [7, 11) is 0. The first-order valence-electron chi connectivity index (χ1n) is 5.55. The maximum atomic E-state index is 10.8. The second kappa shape index (κ2) is 5.98. The van der Waals surface area contributed by atoms with E-state index in [4.69, 9.17) is 10.4 Å². The first-order chi connectivity index (χ1) is 8.49. The summed E-state index contributed by atoms with van der Waals surface area (Å²) in [6.07, 6.45) is 0. The van der Waals surface area contributed by atoms with E-state index in [0.29, 0.717) is 5.69 Å². The molecule has 0 heterocycles. The van der Waals surface area contributed by atoms with Crippen molar-refractivity contribution in [2.45, 2.75) is 19.9 Å². The van der Waals surface area contributed by atoms with Crippen LogP contribution >= 0.6 is 0 Å². The molecule has 0 spiro atoms. The Morgan fingerprint density at radius 3 is 2.72 bits per heavy atom. The van der Waals surface area contributed by atoms with Crippen molar-refractivity contribution < 1.29 is 10.0 Å². The van der Waals surface area contributed by atoms with Crippen LogP contribution in [0.2, 0.25) is 0 Å². The van der Waals surface area contributed by atoms with E-state index in [-0.39, 0.29) is 29.8 Å². The molecule has 0 aliphatic carbocycles. The van der Waals surface area contributed by atoms with Gasteiger partial charge in [0, 0.05) is 24.4 Å². The second-order valence-electron chi connectivity index (χ2n) is 4.19. The van der Waals surface area contributed by atoms with Crippen molar-refractivity contribution in [1.29, 1.82) is 5.26 Å². The van der Waals surface area contributed by atoms with E-state index in [1.807, 2.05) is 13.8 Å². The van der Waals surface area contributed by atoms with Crippen LogP contribution < -0.4 is 5.32 Å². The van der Waals surface area contributed by atoms with Gasteiger partial charge in [-0.05, 0) is 25.0 Å². The topological polar surface area (TPSA) is 99.2 Å². The predicted molar refractivity (Wildman–Crippen MR) is 67.1 cm³/mol. The van der Waals surface area contributed by atoms with Crippen molar-refractivity contribution in [2.24, 2.45) is 5.92 Å². The molecule has 2 N–H and O–H groups in total. The number of nitriles is 1. The number of nitrogens with one attached hydrogen (secondary N) is 1. The fraction of sp³-hybridized carbons (Fsp3) is 0.417.